The smallest absolute Gasteiger partial charge is 0.257 e. The number of benzene rings is 1. The maximum absolute atomic E-state index is 11.8. The first-order chi connectivity index (χ1) is 7.07. The summed E-state index contributed by atoms with van der Waals surface area (Å²) < 4.78 is 0. The van der Waals surface area contributed by atoms with Crippen molar-refractivity contribution in [3.8, 4) is 5.75 Å². The van der Waals surface area contributed by atoms with E-state index in [4.69, 9.17) is 5.73 Å². The normalized spacial score (nSPS) is 10.0. The van der Waals surface area contributed by atoms with Crippen LogP contribution in [0, 0.1) is 0 Å². The van der Waals surface area contributed by atoms with Crippen LogP contribution in [0.4, 0.5) is 5.69 Å². The number of phenols is 1. The monoisotopic (exact) mass is 208 g/mol. The third kappa shape index (κ3) is 2.40. The summed E-state index contributed by atoms with van der Waals surface area (Å²) in [4.78, 5) is 13.4. The van der Waals surface area contributed by atoms with Crippen molar-refractivity contribution in [1.82, 2.24) is 4.90 Å². The lowest BCUT2D eigenvalue weighted by atomic mass is 10.1. The van der Waals surface area contributed by atoms with Crippen LogP contribution in [0.1, 0.15) is 23.7 Å². The van der Waals surface area contributed by atoms with Gasteiger partial charge in [-0.05, 0) is 18.6 Å². The van der Waals surface area contributed by atoms with Gasteiger partial charge in [0.25, 0.3) is 5.91 Å². The molecule has 4 nitrogen and oxygen atoms in total. The molecule has 1 amide bonds. The van der Waals surface area contributed by atoms with Crippen molar-refractivity contribution in [2.45, 2.75) is 13.3 Å². The molecule has 0 aliphatic heterocycles. The van der Waals surface area contributed by atoms with Crippen molar-refractivity contribution in [2.75, 3.05) is 19.3 Å². The molecule has 0 aliphatic rings. The summed E-state index contributed by atoms with van der Waals surface area (Å²) in [6.07, 6.45) is 0.880. The van der Waals surface area contributed by atoms with Gasteiger partial charge in [0.15, 0.2) is 5.75 Å². The van der Waals surface area contributed by atoms with Gasteiger partial charge in [-0.2, -0.15) is 0 Å². The molecule has 0 aromatic heterocycles. The van der Waals surface area contributed by atoms with E-state index in [-0.39, 0.29) is 22.9 Å². The molecule has 0 fully saturated rings. The number of rotatable bonds is 3. The Kier molecular flexibility index (Phi) is 3.55. The molecule has 0 saturated heterocycles. The lowest BCUT2D eigenvalue weighted by Gasteiger charge is -2.17. The van der Waals surface area contributed by atoms with Crippen molar-refractivity contribution < 1.29 is 9.90 Å². The van der Waals surface area contributed by atoms with E-state index in [1.54, 1.807) is 30.1 Å². The number of phenolic OH excluding ortho intramolecular Hbond substituents is 1. The SMILES string of the molecule is CCCN(C)C(=O)c1cccc(N)c1O. The molecule has 0 atom stereocenters. The molecule has 0 spiro atoms. The number of amides is 1. The molecule has 0 aliphatic carbocycles. The molecule has 0 bridgehead atoms. The molecule has 0 saturated carbocycles. The van der Waals surface area contributed by atoms with Crippen LogP contribution in [-0.2, 0) is 0 Å². The second-order valence-corrected chi connectivity index (χ2v) is 3.47. The van der Waals surface area contributed by atoms with E-state index in [9.17, 15) is 9.90 Å². The number of aromatic hydroxyl groups is 1. The minimum atomic E-state index is -0.207. The molecular formula is C11H16N2O2. The lowest BCUT2D eigenvalue weighted by Crippen LogP contribution is -2.27. The highest BCUT2D eigenvalue weighted by Crippen LogP contribution is 2.25. The van der Waals surface area contributed by atoms with Crippen LogP contribution < -0.4 is 5.73 Å². The van der Waals surface area contributed by atoms with E-state index < -0.39 is 0 Å². The molecule has 1 rings (SSSR count). The topological polar surface area (TPSA) is 66.6 Å². The van der Waals surface area contributed by atoms with E-state index in [1.165, 1.54) is 0 Å². The highest BCUT2D eigenvalue weighted by Gasteiger charge is 2.16. The summed E-state index contributed by atoms with van der Waals surface area (Å²) in [5.74, 6) is -0.341. The molecule has 0 unspecified atom stereocenters. The van der Waals surface area contributed by atoms with Crippen LogP contribution in [0.2, 0.25) is 0 Å². The summed E-state index contributed by atoms with van der Waals surface area (Å²) in [6.45, 7) is 2.65. The van der Waals surface area contributed by atoms with Gasteiger partial charge in [0.05, 0.1) is 11.3 Å². The zero-order valence-electron chi connectivity index (χ0n) is 9.03. The number of carbonyl (C=O) groups excluding carboxylic acids is 1. The number of hydrogen-bond acceptors (Lipinski definition) is 3. The van der Waals surface area contributed by atoms with Gasteiger partial charge in [0.1, 0.15) is 0 Å². The van der Waals surface area contributed by atoms with E-state index >= 15 is 0 Å². The number of nitrogens with two attached hydrogens (primary N) is 1. The number of nitrogen functional groups attached to an aromatic ring is 1. The summed E-state index contributed by atoms with van der Waals surface area (Å²) in [6, 6.07) is 4.79. The molecule has 1 aromatic carbocycles. The molecule has 1 aromatic rings. The van der Waals surface area contributed by atoms with Crippen LogP contribution in [0.3, 0.4) is 0 Å². The first kappa shape index (κ1) is 11.4. The molecule has 0 heterocycles. The van der Waals surface area contributed by atoms with Crippen LogP contribution in [0.15, 0.2) is 18.2 Å². The van der Waals surface area contributed by atoms with E-state index in [1.807, 2.05) is 6.92 Å². The van der Waals surface area contributed by atoms with Gasteiger partial charge < -0.3 is 15.7 Å². The van der Waals surface area contributed by atoms with Crippen molar-refractivity contribution in [2.24, 2.45) is 0 Å². The van der Waals surface area contributed by atoms with Crippen LogP contribution in [0.5, 0.6) is 5.75 Å². The minimum absolute atomic E-state index is 0.134. The Hall–Kier alpha value is -1.71. The van der Waals surface area contributed by atoms with Gasteiger partial charge in [0, 0.05) is 13.6 Å². The number of hydrogen-bond donors (Lipinski definition) is 2. The Morgan fingerprint density at radius 1 is 1.53 bits per heavy atom. The van der Waals surface area contributed by atoms with Crippen molar-refractivity contribution in [3.05, 3.63) is 23.8 Å². The fourth-order valence-corrected chi connectivity index (χ4v) is 1.38. The number of anilines is 1. The van der Waals surface area contributed by atoms with Gasteiger partial charge in [-0.3, -0.25) is 4.79 Å². The Morgan fingerprint density at radius 2 is 2.20 bits per heavy atom. The lowest BCUT2D eigenvalue weighted by molar-refractivity contribution is 0.0792. The zero-order valence-corrected chi connectivity index (χ0v) is 9.03. The second kappa shape index (κ2) is 4.68. The third-order valence-corrected chi connectivity index (χ3v) is 2.20. The molecule has 4 heteroatoms. The average molecular weight is 208 g/mol. The first-order valence-electron chi connectivity index (χ1n) is 4.90. The van der Waals surface area contributed by atoms with Gasteiger partial charge in [0.2, 0.25) is 0 Å². The van der Waals surface area contributed by atoms with E-state index in [0.29, 0.717) is 6.54 Å². The molecule has 82 valence electrons. The van der Waals surface area contributed by atoms with Crippen LogP contribution in [-0.4, -0.2) is 29.5 Å². The number of carbonyl (C=O) groups is 1. The molecule has 3 N–H and O–H groups in total. The maximum Gasteiger partial charge on any atom is 0.257 e. The van der Waals surface area contributed by atoms with Gasteiger partial charge >= 0.3 is 0 Å². The Morgan fingerprint density at radius 3 is 2.80 bits per heavy atom. The molecular weight excluding hydrogens is 192 g/mol. The molecule has 15 heavy (non-hydrogen) atoms. The maximum atomic E-state index is 11.8. The van der Waals surface area contributed by atoms with Crippen LogP contribution >= 0.6 is 0 Å². The highest BCUT2D eigenvalue weighted by atomic mass is 16.3. The summed E-state index contributed by atoms with van der Waals surface area (Å²) in [7, 11) is 1.70. The minimum Gasteiger partial charge on any atom is -0.505 e. The predicted molar refractivity (Wildman–Crippen MR) is 59.8 cm³/mol. The largest absolute Gasteiger partial charge is 0.505 e. The van der Waals surface area contributed by atoms with Crippen molar-refractivity contribution >= 4 is 11.6 Å². The standard InChI is InChI=1S/C11H16N2O2/c1-3-7-13(2)11(15)8-5-4-6-9(12)10(8)14/h4-6,14H,3,7,12H2,1-2H3. The van der Waals surface area contributed by atoms with Crippen molar-refractivity contribution in [1.29, 1.82) is 0 Å². The Labute approximate surface area is 89.3 Å². The third-order valence-electron chi connectivity index (χ3n) is 2.20. The summed E-state index contributed by atoms with van der Waals surface area (Å²) >= 11 is 0. The van der Waals surface area contributed by atoms with Crippen LogP contribution in [0.25, 0.3) is 0 Å². The predicted octanol–water partition coefficient (Wildman–Crippen LogP) is 1.46. The van der Waals surface area contributed by atoms with Gasteiger partial charge in [-0.1, -0.05) is 13.0 Å². The van der Waals surface area contributed by atoms with Crippen molar-refractivity contribution in [3.63, 3.8) is 0 Å². The highest BCUT2D eigenvalue weighted by molar-refractivity contribution is 5.98. The fourth-order valence-electron chi connectivity index (χ4n) is 1.38. The zero-order chi connectivity index (χ0) is 11.4. The summed E-state index contributed by atoms with van der Waals surface area (Å²) in [5, 5.41) is 9.61. The quantitative estimate of drug-likeness (QED) is 0.583. The first-order valence-corrected chi connectivity index (χ1v) is 4.90. The van der Waals surface area contributed by atoms with E-state index in [2.05, 4.69) is 0 Å². The second-order valence-electron chi connectivity index (χ2n) is 3.47. The van der Waals surface area contributed by atoms with E-state index in [0.717, 1.165) is 6.42 Å². The summed E-state index contributed by atoms with van der Waals surface area (Å²) in [5.41, 5.74) is 5.99. The molecule has 0 radical (unpaired) electrons. The fraction of sp³-hybridized carbons (Fsp3) is 0.364. The Balaban J connectivity index is 2.96. The number of para-hydroxylation sites is 1. The average Bonchev–Trinajstić information content (AvgIpc) is 2.21. The number of nitrogens with zero attached hydrogens (tertiary/aromatic N) is 1. The Bertz CT molecular complexity index is 364. The van der Waals surface area contributed by atoms with Gasteiger partial charge in [-0.25, -0.2) is 0 Å². The van der Waals surface area contributed by atoms with Gasteiger partial charge in [-0.15, -0.1) is 0 Å².